The molecule has 8 heteroatoms. The Morgan fingerprint density at radius 3 is 2.52 bits per heavy atom. The largest absolute Gasteiger partial charge is 0.495 e. The lowest BCUT2D eigenvalue weighted by atomic mass is 9.94. The predicted octanol–water partition coefficient (Wildman–Crippen LogP) is 0.539. The van der Waals surface area contributed by atoms with Gasteiger partial charge in [-0.15, -0.1) is 0 Å². The van der Waals surface area contributed by atoms with Gasteiger partial charge in [-0.1, -0.05) is 6.92 Å². The summed E-state index contributed by atoms with van der Waals surface area (Å²) in [5.74, 6) is -1.14. The minimum Gasteiger partial charge on any atom is -0.495 e. The van der Waals surface area contributed by atoms with E-state index >= 15 is 0 Å². The highest BCUT2D eigenvalue weighted by molar-refractivity contribution is 7.89. The molecule has 1 aromatic rings. The van der Waals surface area contributed by atoms with Gasteiger partial charge < -0.3 is 14.9 Å². The summed E-state index contributed by atoms with van der Waals surface area (Å²) < 4.78 is 31.1. The van der Waals surface area contributed by atoms with E-state index in [0.29, 0.717) is 6.42 Å². The topological polar surface area (TPSA) is 104 Å². The normalized spacial score (nSPS) is 18.0. The summed E-state index contributed by atoms with van der Waals surface area (Å²) in [6.45, 7) is 1.76. The number of sulfonamides is 1. The van der Waals surface area contributed by atoms with Crippen molar-refractivity contribution in [3.8, 4) is 5.75 Å². The van der Waals surface area contributed by atoms with Crippen LogP contribution in [0, 0.1) is 0 Å². The lowest BCUT2D eigenvalue weighted by Gasteiger charge is -2.44. The van der Waals surface area contributed by atoms with Crippen LogP contribution in [0.5, 0.6) is 5.75 Å². The molecule has 21 heavy (non-hydrogen) atoms. The number of carboxylic acid groups (broad SMARTS) is 1. The van der Waals surface area contributed by atoms with Gasteiger partial charge in [-0.25, -0.2) is 13.2 Å². The lowest BCUT2D eigenvalue weighted by Crippen LogP contribution is -2.62. The molecule has 1 aliphatic rings. The fraction of sp³-hybridized carbons (Fsp3) is 0.462. The van der Waals surface area contributed by atoms with Gasteiger partial charge in [0.25, 0.3) is 0 Å². The average molecular weight is 315 g/mol. The van der Waals surface area contributed by atoms with Crippen LogP contribution in [-0.4, -0.2) is 54.7 Å². The number of benzene rings is 1. The van der Waals surface area contributed by atoms with Crippen LogP contribution >= 0.6 is 0 Å². The van der Waals surface area contributed by atoms with Gasteiger partial charge in [0, 0.05) is 13.1 Å². The molecular formula is C13H17NO6S. The van der Waals surface area contributed by atoms with E-state index in [1.165, 1.54) is 19.2 Å². The van der Waals surface area contributed by atoms with Crippen LogP contribution in [0.1, 0.15) is 23.7 Å². The Morgan fingerprint density at radius 2 is 2.05 bits per heavy atom. The van der Waals surface area contributed by atoms with Gasteiger partial charge in [0.15, 0.2) is 0 Å². The molecule has 1 fully saturated rings. The number of β-amino-alcohol motifs (C(OH)–C–C–N with tert-alkyl or cyclic N) is 1. The Balaban J connectivity index is 2.40. The van der Waals surface area contributed by atoms with E-state index in [0.717, 1.165) is 10.4 Å². The van der Waals surface area contributed by atoms with Crippen LogP contribution in [0.4, 0.5) is 0 Å². The predicted molar refractivity (Wildman–Crippen MR) is 74.0 cm³/mol. The molecule has 0 unspecified atom stereocenters. The van der Waals surface area contributed by atoms with Crippen LogP contribution in [-0.2, 0) is 10.0 Å². The molecule has 0 amide bonds. The molecule has 0 spiro atoms. The number of rotatable bonds is 5. The maximum absolute atomic E-state index is 12.5. The SMILES string of the molecule is CCC1(O)CN(S(=O)(=O)c2cc(C(=O)O)ccc2OC)C1. The number of nitrogens with zero attached hydrogens (tertiary/aromatic N) is 1. The molecule has 1 saturated heterocycles. The number of hydrogen-bond acceptors (Lipinski definition) is 5. The number of ether oxygens (including phenoxy) is 1. The average Bonchev–Trinajstić information content (AvgIpc) is 2.42. The van der Waals surface area contributed by atoms with E-state index < -0.39 is 21.6 Å². The van der Waals surface area contributed by atoms with Gasteiger partial charge in [0.1, 0.15) is 10.6 Å². The van der Waals surface area contributed by atoms with Crippen molar-refractivity contribution >= 4 is 16.0 Å². The molecule has 1 heterocycles. The van der Waals surface area contributed by atoms with Gasteiger partial charge in [-0.3, -0.25) is 0 Å². The smallest absolute Gasteiger partial charge is 0.335 e. The first-order valence-electron chi connectivity index (χ1n) is 6.37. The van der Waals surface area contributed by atoms with Crippen molar-refractivity contribution in [3.05, 3.63) is 23.8 Å². The van der Waals surface area contributed by atoms with Crippen LogP contribution in [0.3, 0.4) is 0 Å². The van der Waals surface area contributed by atoms with Crippen molar-refractivity contribution in [3.63, 3.8) is 0 Å². The maximum Gasteiger partial charge on any atom is 0.335 e. The Kier molecular flexibility index (Phi) is 3.96. The molecule has 0 bridgehead atoms. The Labute approximate surface area is 122 Å². The fourth-order valence-electron chi connectivity index (χ4n) is 2.15. The molecule has 2 N–H and O–H groups in total. The number of aromatic carboxylic acids is 1. The summed E-state index contributed by atoms with van der Waals surface area (Å²) >= 11 is 0. The van der Waals surface area contributed by atoms with Crippen molar-refractivity contribution in [1.29, 1.82) is 0 Å². The Morgan fingerprint density at radius 1 is 1.43 bits per heavy atom. The van der Waals surface area contributed by atoms with Crippen molar-refractivity contribution in [1.82, 2.24) is 4.31 Å². The van der Waals surface area contributed by atoms with Gasteiger partial charge in [0.2, 0.25) is 10.0 Å². The van der Waals surface area contributed by atoms with Crippen LogP contribution in [0.25, 0.3) is 0 Å². The van der Waals surface area contributed by atoms with E-state index in [1.807, 2.05) is 0 Å². The first-order chi connectivity index (χ1) is 9.73. The van der Waals surface area contributed by atoms with Crippen LogP contribution in [0.15, 0.2) is 23.1 Å². The standard InChI is InChI=1S/C13H17NO6S/c1-3-13(17)7-14(8-13)21(18,19)11-6-9(12(15)16)4-5-10(11)20-2/h4-6,17H,3,7-8H2,1-2H3,(H,15,16). The third-order valence-corrected chi connectivity index (χ3v) is 5.44. The molecule has 0 atom stereocenters. The van der Waals surface area contributed by atoms with Crippen molar-refractivity contribution in [2.45, 2.75) is 23.8 Å². The van der Waals surface area contributed by atoms with Crippen LogP contribution < -0.4 is 4.74 Å². The second-order valence-corrected chi connectivity index (χ2v) is 6.93. The number of methoxy groups -OCH3 is 1. The monoisotopic (exact) mass is 315 g/mol. The highest BCUT2D eigenvalue weighted by Gasteiger charge is 2.46. The molecular weight excluding hydrogens is 298 g/mol. The summed E-state index contributed by atoms with van der Waals surface area (Å²) in [6.07, 6.45) is 0.450. The van der Waals surface area contributed by atoms with E-state index in [1.54, 1.807) is 6.92 Å². The van der Waals surface area contributed by atoms with E-state index in [9.17, 15) is 18.3 Å². The highest BCUT2D eigenvalue weighted by atomic mass is 32.2. The molecule has 1 aromatic carbocycles. The summed E-state index contributed by atoms with van der Waals surface area (Å²) in [7, 11) is -2.58. The lowest BCUT2D eigenvalue weighted by molar-refractivity contribution is -0.0613. The zero-order chi connectivity index (χ0) is 15.8. The van der Waals surface area contributed by atoms with Crippen LogP contribution in [0.2, 0.25) is 0 Å². The molecule has 0 aliphatic carbocycles. The zero-order valence-electron chi connectivity index (χ0n) is 11.7. The molecule has 2 rings (SSSR count). The van der Waals surface area contributed by atoms with Gasteiger partial charge in [-0.05, 0) is 24.6 Å². The van der Waals surface area contributed by atoms with E-state index in [4.69, 9.17) is 9.84 Å². The summed E-state index contributed by atoms with van der Waals surface area (Å²) in [5, 5.41) is 18.9. The van der Waals surface area contributed by atoms with E-state index in [-0.39, 0.29) is 29.3 Å². The van der Waals surface area contributed by atoms with Crippen molar-refractivity contribution in [2.24, 2.45) is 0 Å². The summed E-state index contributed by atoms with van der Waals surface area (Å²) in [4.78, 5) is 10.8. The number of carbonyl (C=O) groups is 1. The highest BCUT2D eigenvalue weighted by Crippen LogP contribution is 2.34. The molecule has 116 valence electrons. The molecule has 0 radical (unpaired) electrons. The third-order valence-electron chi connectivity index (χ3n) is 3.63. The first-order valence-corrected chi connectivity index (χ1v) is 7.81. The summed E-state index contributed by atoms with van der Waals surface area (Å²) in [5.41, 5.74) is -1.15. The minimum absolute atomic E-state index is 0.00765. The molecule has 0 saturated carbocycles. The van der Waals surface area contributed by atoms with Gasteiger partial charge >= 0.3 is 5.97 Å². The molecule has 1 aliphatic heterocycles. The summed E-state index contributed by atoms with van der Waals surface area (Å²) in [6, 6.07) is 3.65. The van der Waals surface area contributed by atoms with Gasteiger partial charge in [-0.2, -0.15) is 4.31 Å². The Hall–Kier alpha value is -1.64. The zero-order valence-corrected chi connectivity index (χ0v) is 12.6. The Bertz CT molecular complexity index is 663. The number of carboxylic acids is 1. The second-order valence-electron chi connectivity index (χ2n) is 5.02. The fourth-order valence-corrected chi connectivity index (χ4v) is 3.93. The van der Waals surface area contributed by atoms with Crippen molar-refractivity contribution in [2.75, 3.05) is 20.2 Å². The first kappa shape index (κ1) is 15.7. The van der Waals surface area contributed by atoms with E-state index in [2.05, 4.69) is 0 Å². The number of hydrogen-bond donors (Lipinski definition) is 2. The maximum atomic E-state index is 12.5. The third kappa shape index (κ3) is 2.74. The number of aliphatic hydroxyl groups is 1. The van der Waals surface area contributed by atoms with Gasteiger partial charge in [0.05, 0.1) is 18.3 Å². The molecule has 0 aromatic heterocycles. The quantitative estimate of drug-likeness (QED) is 0.822. The van der Waals surface area contributed by atoms with Crippen molar-refractivity contribution < 1.29 is 28.2 Å². The second kappa shape index (κ2) is 5.28. The minimum atomic E-state index is -3.90. The molecule has 7 nitrogen and oxygen atoms in total.